The zero-order chi connectivity index (χ0) is 36.7. The molecule has 0 radical (unpaired) electrons. The number of imidazole rings is 1. The van der Waals surface area contributed by atoms with Crippen molar-refractivity contribution in [3.8, 4) is 0 Å². The van der Waals surface area contributed by atoms with Gasteiger partial charge in [-0.2, -0.15) is 0 Å². The lowest BCUT2D eigenvalue weighted by Gasteiger charge is -2.39. The van der Waals surface area contributed by atoms with Gasteiger partial charge in [0.2, 0.25) is 5.91 Å². The topological polar surface area (TPSA) is 141 Å². The van der Waals surface area contributed by atoms with E-state index in [0.29, 0.717) is 30.1 Å². The number of ether oxygens (including phenoxy) is 1. The average Bonchev–Trinajstić information content (AvgIpc) is 3.58. The van der Waals surface area contributed by atoms with Gasteiger partial charge in [-0.3, -0.25) is 19.2 Å². The molecule has 1 unspecified atom stereocenters. The number of amides is 3. The maximum absolute atomic E-state index is 14.2. The summed E-state index contributed by atoms with van der Waals surface area (Å²) in [5, 5.41) is 0. The molecule has 13 nitrogen and oxygen atoms in total. The molecule has 3 amide bonds. The molecular formula is C36H56N8O5Si2. The normalized spacial score (nSPS) is 28.3. The zero-order valence-corrected chi connectivity index (χ0v) is 33.5. The monoisotopic (exact) mass is 736 g/mol. The summed E-state index contributed by atoms with van der Waals surface area (Å²) in [6, 6.07) is 14.5. The van der Waals surface area contributed by atoms with Crippen LogP contribution < -0.4 is 5.73 Å². The molecule has 3 aliphatic rings. The van der Waals surface area contributed by atoms with E-state index in [2.05, 4.69) is 61.4 Å². The molecule has 6 rings (SSSR count). The lowest BCUT2D eigenvalue weighted by Crippen LogP contribution is -2.52. The average molecular weight is 737 g/mol. The summed E-state index contributed by atoms with van der Waals surface area (Å²) in [4.78, 5) is 46.3. The van der Waals surface area contributed by atoms with Gasteiger partial charge in [-0.25, -0.2) is 19.7 Å². The second-order valence-corrected chi connectivity index (χ2v) is 23.9. The summed E-state index contributed by atoms with van der Waals surface area (Å²) in [6.07, 6.45) is 1.41. The number of nitrogens with two attached hydrogens (primary N) is 1. The number of carbonyl (C=O) groups is 2. The molecule has 0 aliphatic carbocycles. The Bertz CT molecular complexity index is 1670. The number of nitrogens with zero attached hydrogens (tertiary/aromatic N) is 7. The van der Waals surface area contributed by atoms with E-state index in [1.54, 1.807) is 18.3 Å². The molecule has 3 aromatic rings. The van der Waals surface area contributed by atoms with Crippen LogP contribution >= 0.6 is 0 Å². The minimum absolute atomic E-state index is 0.149. The van der Waals surface area contributed by atoms with Crippen LogP contribution in [0.15, 0.2) is 43.0 Å². The van der Waals surface area contributed by atoms with Crippen LogP contribution in [-0.2, 0) is 18.4 Å². The predicted octanol–water partition coefficient (Wildman–Crippen LogP) is 5.79. The Kier molecular flexibility index (Phi) is 11.1. The number of aromatic nitrogens is 4. The molecule has 0 saturated carbocycles. The number of hydrogen-bond acceptors (Lipinski definition) is 10. The second kappa shape index (κ2) is 15.0. The Balaban J connectivity index is 1.34. The highest BCUT2D eigenvalue weighted by Crippen LogP contribution is 2.43. The van der Waals surface area contributed by atoms with Gasteiger partial charge in [0.15, 0.2) is 34.3 Å². The fraction of sp³-hybridized carbons (Fsp3) is 0.639. The Hall–Kier alpha value is -3.22. The number of hydrogen-bond donors (Lipinski definition) is 1. The van der Waals surface area contributed by atoms with Crippen molar-refractivity contribution in [3.63, 3.8) is 0 Å². The van der Waals surface area contributed by atoms with Gasteiger partial charge >= 0.3 is 6.03 Å². The Morgan fingerprint density at radius 3 is 2.14 bits per heavy atom. The molecule has 3 saturated heterocycles. The molecule has 5 heterocycles. The molecule has 0 spiro atoms. The molecule has 2 N–H and O–H groups in total. The van der Waals surface area contributed by atoms with Gasteiger partial charge in [0.1, 0.15) is 36.2 Å². The van der Waals surface area contributed by atoms with Crippen molar-refractivity contribution >= 4 is 45.6 Å². The zero-order valence-electron chi connectivity index (χ0n) is 31.5. The third-order valence-corrected chi connectivity index (χ3v) is 21.5. The van der Waals surface area contributed by atoms with E-state index in [-0.39, 0.29) is 30.1 Å². The highest BCUT2D eigenvalue weighted by molar-refractivity contribution is 6.74. The molecule has 278 valence electrons. The molecule has 8 atom stereocenters. The molecule has 3 aliphatic heterocycles. The van der Waals surface area contributed by atoms with E-state index in [1.165, 1.54) is 11.2 Å². The van der Waals surface area contributed by atoms with E-state index in [1.807, 2.05) is 41.8 Å². The number of fused-ring (bicyclic) bond motifs is 1. The van der Waals surface area contributed by atoms with Crippen LogP contribution in [0.2, 0.25) is 36.3 Å². The van der Waals surface area contributed by atoms with Gasteiger partial charge in [0, 0.05) is 20.1 Å². The fourth-order valence-corrected chi connectivity index (χ4v) is 13.9. The first-order valence-electron chi connectivity index (χ1n) is 18.8. The van der Waals surface area contributed by atoms with Crippen LogP contribution in [0.3, 0.4) is 0 Å². The van der Waals surface area contributed by atoms with Gasteiger partial charge in [-0.05, 0) is 48.8 Å². The van der Waals surface area contributed by atoms with Crippen LogP contribution in [0, 0.1) is 0 Å². The molecule has 3 fully saturated rings. The first kappa shape index (κ1) is 37.5. The Morgan fingerprint density at radius 1 is 0.922 bits per heavy atom. The number of urea groups is 1. The highest BCUT2D eigenvalue weighted by atomic mass is 28.4. The Morgan fingerprint density at radius 2 is 1.53 bits per heavy atom. The van der Waals surface area contributed by atoms with E-state index < -0.39 is 41.1 Å². The Labute approximate surface area is 304 Å². The molecule has 15 heteroatoms. The van der Waals surface area contributed by atoms with Crippen molar-refractivity contribution < 1.29 is 23.2 Å². The summed E-state index contributed by atoms with van der Waals surface area (Å²) < 4.78 is 23.8. The summed E-state index contributed by atoms with van der Waals surface area (Å²) in [7, 11) is -2.58. The van der Waals surface area contributed by atoms with Gasteiger partial charge in [-0.15, -0.1) is 0 Å². The maximum Gasteiger partial charge on any atom is 0.327 e. The number of anilines is 1. The SMILES string of the molecule is CC[Si](CC)(CC)O[C@@H]1[C@H](O[Si](CC)(CC)CC)[C@@H](CN2C[C@@H]2C(=O)N2C(=O)N(C)[C@@H](C)[C@H]2c2ccccc2)O[C@H]1n1cnc2c(N)ncnc21. The van der Waals surface area contributed by atoms with Crippen LogP contribution in [0.1, 0.15) is 66.3 Å². The van der Waals surface area contributed by atoms with E-state index in [0.717, 1.165) is 41.8 Å². The first-order valence-corrected chi connectivity index (χ1v) is 23.9. The first-order chi connectivity index (χ1) is 24.5. The number of rotatable bonds is 15. The summed E-state index contributed by atoms with van der Waals surface area (Å²) in [5.74, 6) is 0.134. The molecule has 2 aromatic heterocycles. The van der Waals surface area contributed by atoms with Crippen LogP contribution in [0.4, 0.5) is 10.6 Å². The van der Waals surface area contributed by atoms with E-state index in [4.69, 9.17) is 19.3 Å². The largest absolute Gasteiger partial charge is 0.408 e. The van der Waals surface area contributed by atoms with Crippen molar-refractivity contribution in [1.29, 1.82) is 0 Å². The van der Waals surface area contributed by atoms with Crippen LogP contribution in [0.25, 0.3) is 11.2 Å². The van der Waals surface area contributed by atoms with Gasteiger partial charge in [0.05, 0.1) is 18.4 Å². The molecular weight excluding hydrogens is 681 g/mol. The van der Waals surface area contributed by atoms with Crippen molar-refractivity contribution in [2.24, 2.45) is 0 Å². The predicted molar refractivity (Wildman–Crippen MR) is 202 cm³/mol. The number of likely N-dealkylation sites (N-methyl/N-ethyl adjacent to an activating group) is 1. The third-order valence-electron chi connectivity index (χ3n) is 12.2. The number of imide groups is 1. The number of carbonyl (C=O) groups excluding carboxylic acids is 2. The minimum Gasteiger partial charge on any atom is -0.408 e. The van der Waals surface area contributed by atoms with Crippen LogP contribution in [0.5, 0.6) is 0 Å². The van der Waals surface area contributed by atoms with Crippen molar-refractivity contribution in [3.05, 3.63) is 48.5 Å². The van der Waals surface area contributed by atoms with Gasteiger partial charge in [-0.1, -0.05) is 71.9 Å². The lowest BCUT2D eigenvalue weighted by molar-refractivity contribution is -0.129. The lowest BCUT2D eigenvalue weighted by atomic mass is 10.00. The summed E-state index contributed by atoms with van der Waals surface area (Å²) in [5.41, 5.74) is 8.27. The number of benzene rings is 1. The standard InChI is InChI=1S/C36H56N8O5Si2/c1-9-50(10-2,11-3)48-30-27(21-42-20-26(42)34(45)44-29(24(7)41(8)36(44)46)25-18-16-15-17-19-25)47-35(31(30)49-51(12-4,13-5)14-6)43-23-40-28-32(37)38-22-39-33(28)43/h15-19,22-24,26-27,29-31,35H,9-14,20-21H2,1-8H3,(H2,37,38,39)/t24-,26+,27+,29-,30+,31+,35+,42?/m0/s1. The fourth-order valence-electron chi connectivity index (χ4n) is 8.18. The second-order valence-electron chi connectivity index (χ2n) is 14.5. The van der Waals surface area contributed by atoms with Crippen molar-refractivity contribution in [2.75, 3.05) is 25.9 Å². The molecule has 0 bridgehead atoms. The van der Waals surface area contributed by atoms with Gasteiger partial charge in [0.25, 0.3) is 0 Å². The minimum atomic E-state index is -2.18. The maximum atomic E-state index is 14.2. The highest BCUT2D eigenvalue weighted by Gasteiger charge is 2.57. The molecule has 1 aromatic carbocycles. The summed E-state index contributed by atoms with van der Waals surface area (Å²) in [6.45, 7) is 16.4. The smallest absolute Gasteiger partial charge is 0.327 e. The van der Waals surface area contributed by atoms with E-state index >= 15 is 0 Å². The quantitative estimate of drug-likeness (QED) is 0.151. The number of nitrogen functional groups attached to an aromatic ring is 1. The molecule has 51 heavy (non-hydrogen) atoms. The van der Waals surface area contributed by atoms with E-state index in [9.17, 15) is 9.59 Å². The van der Waals surface area contributed by atoms with Crippen molar-refractivity contribution in [2.45, 2.75) is 127 Å². The third kappa shape index (κ3) is 6.76. The van der Waals surface area contributed by atoms with Gasteiger partial charge < -0.3 is 24.2 Å². The van der Waals surface area contributed by atoms with Crippen molar-refractivity contribution in [1.82, 2.24) is 34.2 Å². The summed E-state index contributed by atoms with van der Waals surface area (Å²) >= 11 is 0. The van der Waals surface area contributed by atoms with Crippen LogP contribution in [-0.4, -0.2) is 113 Å².